The first-order valence-electron chi connectivity index (χ1n) is 9.47. The van der Waals surface area contributed by atoms with Crippen molar-refractivity contribution < 1.29 is 14.4 Å². The Kier molecular flexibility index (Phi) is 5.59. The van der Waals surface area contributed by atoms with Gasteiger partial charge in [-0.1, -0.05) is 37.1 Å². The maximum absolute atomic E-state index is 12.5. The number of benzene rings is 1. The van der Waals surface area contributed by atoms with Crippen LogP contribution in [0.1, 0.15) is 49.7 Å². The first kappa shape index (κ1) is 18.4. The Hall–Kier alpha value is -2.37. The van der Waals surface area contributed by atoms with Crippen LogP contribution in [0.3, 0.4) is 0 Å². The molecule has 2 aliphatic rings. The van der Waals surface area contributed by atoms with Crippen LogP contribution in [0.2, 0.25) is 0 Å². The molecule has 0 radical (unpaired) electrons. The summed E-state index contributed by atoms with van der Waals surface area (Å²) in [5.41, 5.74) is 1.79. The highest BCUT2D eigenvalue weighted by Gasteiger charge is 2.51. The number of hydrogen-bond acceptors (Lipinski definition) is 3. The average molecular weight is 357 g/mol. The van der Waals surface area contributed by atoms with Crippen LogP contribution in [-0.2, 0) is 16.0 Å². The summed E-state index contributed by atoms with van der Waals surface area (Å²) in [6.07, 6.45) is 5.02. The largest absolute Gasteiger partial charge is 0.356 e. The Morgan fingerprint density at radius 1 is 1.23 bits per heavy atom. The molecule has 0 aromatic heterocycles. The zero-order chi connectivity index (χ0) is 18.6. The highest BCUT2D eigenvalue weighted by molar-refractivity contribution is 6.07. The lowest BCUT2D eigenvalue weighted by atomic mass is 9.98. The Morgan fingerprint density at radius 2 is 1.96 bits per heavy atom. The average Bonchev–Trinajstić information content (AvgIpc) is 3.17. The molecule has 1 spiro atoms. The van der Waals surface area contributed by atoms with Crippen molar-refractivity contribution >= 4 is 17.8 Å². The molecule has 1 aromatic rings. The van der Waals surface area contributed by atoms with E-state index in [0.29, 0.717) is 25.9 Å². The van der Waals surface area contributed by atoms with Crippen molar-refractivity contribution in [3.8, 4) is 0 Å². The zero-order valence-electron chi connectivity index (χ0n) is 15.3. The number of amides is 4. The summed E-state index contributed by atoms with van der Waals surface area (Å²) >= 11 is 0. The maximum Gasteiger partial charge on any atom is 0.325 e. The summed E-state index contributed by atoms with van der Waals surface area (Å²) in [4.78, 5) is 37.9. The molecule has 2 N–H and O–H groups in total. The van der Waals surface area contributed by atoms with Gasteiger partial charge in [0.1, 0.15) is 5.54 Å². The van der Waals surface area contributed by atoms with Crippen molar-refractivity contribution in [2.75, 3.05) is 13.1 Å². The molecule has 3 rings (SSSR count). The third-order valence-electron chi connectivity index (χ3n) is 5.47. The molecule has 1 saturated carbocycles. The minimum atomic E-state index is -0.660. The number of urea groups is 1. The first-order valence-corrected chi connectivity index (χ1v) is 9.47. The van der Waals surface area contributed by atoms with Gasteiger partial charge in [0.15, 0.2) is 0 Å². The molecule has 0 unspecified atom stereocenters. The number of aryl methyl sites for hydroxylation is 1. The standard InChI is InChI=1S/C20H27N3O3/c1-15-7-2-3-8-16(15)10-13-21-17(24)9-6-14-23-18(25)20(22-19(23)26)11-4-5-12-20/h2-3,7-8H,4-6,9-14H2,1H3,(H,21,24)(H,22,26). The fourth-order valence-electron chi connectivity index (χ4n) is 3.91. The van der Waals surface area contributed by atoms with Gasteiger partial charge in [-0.2, -0.15) is 0 Å². The van der Waals surface area contributed by atoms with Crippen LogP contribution in [-0.4, -0.2) is 41.4 Å². The maximum atomic E-state index is 12.5. The normalized spacial score (nSPS) is 18.4. The van der Waals surface area contributed by atoms with Crippen LogP contribution < -0.4 is 10.6 Å². The van der Waals surface area contributed by atoms with Crippen molar-refractivity contribution in [2.24, 2.45) is 0 Å². The number of nitrogens with one attached hydrogen (secondary N) is 2. The molecule has 6 nitrogen and oxygen atoms in total. The second-order valence-electron chi connectivity index (χ2n) is 7.31. The van der Waals surface area contributed by atoms with E-state index in [-0.39, 0.29) is 17.8 Å². The minimum Gasteiger partial charge on any atom is -0.356 e. The molecule has 4 amide bonds. The van der Waals surface area contributed by atoms with Crippen LogP contribution in [0.5, 0.6) is 0 Å². The van der Waals surface area contributed by atoms with Gasteiger partial charge in [-0.25, -0.2) is 4.79 Å². The van der Waals surface area contributed by atoms with Crippen molar-refractivity contribution in [1.82, 2.24) is 15.5 Å². The van der Waals surface area contributed by atoms with Crippen LogP contribution in [0.15, 0.2) is 24.3 Å². The molecule has 1 heterocycles. The minimum absolute atomic E-state index is 0.0405. The fraction of sp³-hybridized carbons (Fsp3) is 0.550. The van der Waals surface area contributed by atoms with Gasteiger partial charge in [-0.15, -0.1) is 0 Å². The van der Waals surface area contributed by atoms with E-state index in [2.05, 4.69) is 29.7 Å². The molecule has 1 aliphatic heterocycles. The van der Waals surface area contributed by atoms with Gasteiger partial charge in [0.25, 0.3) is 5.91 Å². The number of hydrogen-bond donors (Lipinski definition) is 2. The lowest BCUT2D eigenvalue weighted by molar-refractivity contribution is -0.131. The summed E-state index contributed by atoms with van der Waals surface area (Å²) in [5, 5.41) is 5.77. The predicted molar refractivity (Wildman–Crippen MR) is 98.6 cm³/mol. The van der Waals surface area contributed by atoms with Crippen LogP contribution in [0, 0.1) is 6.92 Å². The van der Waals surface area contributed by atoms with Gasteiger partial charge in [-0.05, 0) is 43.7 Å². The summed E-state index contributed by atoms with van der Waals surface area (Å²) < 4.78 is 0. The zero-order valence-corrected chi connectivity index (χ0v) is 15.3. The molecule has 1 aliphatic carbocycles. The van der Waals surface area contributed by atoms with Crippen molar-refractivity contribution in [1.29, 1.82) is 0 Å². The molecular formula is C20H27N3O3. The molecule has 0 atom stereocenters. The van der Waals surface area contributed by atoms with Crippen molar-refractivity contribution in [3.05, 3.63) is 35.4 Å². The van der Waals surface area contributed by atoms with E-state index in [1.165, 1.54) is 16.0 Å². The molecule has 1 saturated heterocycles. The third kappa shape index (κ3) is 3.89. The second-order valence-corrected chi connectivity index (χ2v) is 7.31. The monoisotopic (exact) mass is 357 g/mol. The van der Waals surface area contributed by atoms with E-state index in [0.717, 1.165) is 32.1 Å². The Labute approximate surface area is 154 Å². The van der Waals surface area contributed by atoms with Crippen molar-refractivity contribution in [3.63, 3.8) is 0 Å². The quantitative estimate of drug-likeness (QED) is 0.735. The Balaban J connectivity index is 1.38. The number of carbonyl (C=O) groups excluding carboxylic acids is 3. The van der Waals surface area contributed by atoms with E-state index in [1.807, 2.05) is 12.1 Å². The highest BCUT2D eigenvalue weighted by Crippen LogP contribution is 2.35. The second kappa shape index (κ2) is 7.89. The lowest BCUT2D eigenvalue weighted by Gasteiger charge is -2.19. The van der Waals surface area contributed by atoms with E-state index < -0.39 is 5.54 Å². The number of imide groups is 1. The lowest BCUT2D eigenvalue weighted by Crippen LogP contribution is -2.44. The Morgan fingerprint density at radius 3 is 2.69 bits per heavy atom. The molecule has 140 valence electrons. The van der Waals surface area contributed by atoms with Crippen LogP contribution >= 0.6 is 0 Å². The SMILES string of the molecule is Cc1ccccc1CCNC(=O)CCCN1C(=O)NC2(CCCC2)C1=O. The number of nitrogens with zero attached hydrogens (tertiary/aromatic N) is 1. The van der Waals surface area contributed by atoms with E-state index in [9.17, 15) is 14.4 Å². The number of carbonyl (C=O) groups is 3. The smallest absolute Gasteiger partial charge is 0.325 e. The van der Waals surface area contributed by atoms with Gasteiger partial charge in [0.2, 0.25) is 5.91 Å². The summed E-state index contributed by atoms with van der Waals surface area (Å²) in [5.74, 6) is -0.152. The van der Waals surface area contributed by atoms with E-state index >= 15 is 0 Å². The summed E-state index contributed by atoms with van der Waals surface area (Å²) in [6, 6.07) is 7.82. The fourth-order valence-corrected chi connectivity index (χ4v) is 3.91. The van der Waals surface area contributed by atoms with Gasteiger partial charge in [-0.3, -0.25) is 14.5 Å². The topological polar surface area (TPSA) is 78.5 Å². The van der Waals surface area contributed by atoms with Gasteiger partial charge < -0.3 is 10.6 Å². The van der Waals surface area contributed by atoms with Gasteiger partial charge >= 0.3 is 6.03 Å². The molecule has 26 heavy (non-hydrogen) atoms. The predicted octanol–water partition coefficient (Wildman–Crippen LogP) is 2.30. The third-order valence-corrected chi connectivity index (χ3v) is 5.47. The highest BCUT2D eigenvalue weighted by atomic mass is 16.2. The molecule has 2 fully saturated rings. The molecule has 6 heteroatoms. The summed E-state index contributed by atoms with van der Waals surface area (Å²) in [7, 11) is 0. The first-order chi connectivity index (χ1) is 12.5. The number of rotatable bonds is 7. The molecule has 1 aromatic carbocycles. The Bertz CT molecular complexity index is 695. The molecule has 0 bridgehead atoms. The summed E-state index contributed by atoms with van der Waals surface area (Å²) in [6.45, 7) is 2.96. The van der Waals surface area contributed by atoms with Crippen molar-refractivity contribution in [2.45, 2.75) is 57.4 Å². The van der Waals surface area contributed by atoms with E-state index in [4.69, 9.17) is 0 Å². The van der Waals surface area contributed by atoms with Crippen LogP contribution in [0.4, 0.5) is 4.79 Å². The van der Waals surface area contributed by atoms with Gasteiger partial charge in [0.05, 0.1) is 0 Å². The van der Waals surface area contributed by atoms with E-state index in [1.54, 1.807) is 0 Å². The molecular weight excluding hydrogens is 330 g/mol. The van der Waals surface area contributed by atoms with Gasteiger partial charge in [0, 0.05) is 19.5 Å². The van der Waals surface area contributed by atoms with Crippen LogP contribution in [0.25, 0.3) is 0 Å².